The van der Waals surface area contributed by atoms with E-state index in [0.29, 0.717) is 0 Å². The highest BCUT2D eigenvalue weighted by Gasteiger charge is 1.81. The molecule has 0 aliphatic carbocycles. The van der Waals surface area contributed by atoms with Gasteiger partial charge in [0.25, 0.3) is 0 Å². The third-order valence-electron chi connectivity index (χ3n) is 0. The molecular formula is C8H10Cl24O. The summed E-state index contributed by atoms with van der Waals surface area (Å²) in [5.74, 6) is 0. The Kier molecular flexibility index (Phi) is 112. The highest BCUT2D eigenvalue weighted by molar-refractivity contribution is 6.65. The zero-order valence-electron chi connectivity index (χ0n) is 14.2. The maximum atomic E-state index is 4.81. The molecule has 0 heterocycles. The molecule has 0 amide bonds. The smallest absolute Gasteiger partial charge is 0.180 e. The van der Waals surface area contributed by atoms with Gasteiger partial charge in [-0.1, -0.05) is 278 Å². The molecule has 0 fully saturated rings. The highest BCUT2D eigenvalue weighted by atomic mass is 35.6. The van der Waals surface area contributed by atoms with Gasteiger partial charge < -0.3 is 5.48 Å². The predicted molar refractivity (Wildman–Crippen MR) is 174 cm³/mol. The lowest BCUT2D eigenvalue weighted by molar-refractivity contribution is 0.824. The summed E-state index contributed by atoms with van der Waals surface area (Å²) in [7, 11) is 0. The zero-order valence-corrected chi connectivity index (χ0v) is 32.3. The van der Waals surface area contributed by atoms with Gasteiger partial charge >= 0.3 is 0 Å². The van der Waals surface area contributed by atoms with Gasteiger partial charge in [0.05, 0.1) is 0 Å². The summed E-state index contributed by atoms with van der Waals surface area (Å²) >= 11 is 115. The maximum absolute atomic E-state index is 4.81. The monoisotopic (exact) mass is 961 g/mol. The Bertz CT molecular complexity index is 142. The molecule has 0 atom stereocenters. The molecule has 25 heteroatoms. The lowest BCUT2D eigenvalue weighted by Crippen LogP contribution is -1.55. The molecule has 0 aromatic heterocycles. The normalized spacial score (nSPS) is 8.73. The molecule has 0 spiro atoms. The van der Waals surface area contributed by atoms with E-state index < -0.39 is 34.4 Å². The number of hydrogen-bond acceptors (Lipinski definition) is 0. The molecule has 0 radical (unpaired) electrons. The Morgan fingerprint density at radius 2 is 0.152 bits per heavy atom. The van der Waals surface area contributed by atoms with Crippen molar-refractivity contribution in [2.45, 2.75) is 34.4 Å². The van der Waals surface area contributed by atoms with Gasteiger partial charge in [0.2, 0.25) is 0 Å². The van der Waals surface area contributed by atoms with Crippen LogP contribution in [0.5, 0.6) is 0 Å². The molecule has 0 aromatic rings. The van der Waals surface area contributed by atoms with Crippen LogP contribution in [0.25, 0.3) is 0 Å². The van der Waals surface area contributed by atoms with Gasteiger partial charge in [0.15, 0.2) is 34.4 Å². The second kappa shape index (κ2) is 58.5. The van der Waals surface area contributed by atoms with E-state index in [1.807, 2.05) is 0 Å². The van der Waals surface area contributed by atoms with Gasteiger partial charge in [0, 0.05) is 0 Å². The topological polar surface area (TPSA) is 31.5 Å². The number of hydrogen-bond donors (Lipinski definition) is 0. The van der Waals surface area contributed by atoms with E-state index in [1.165, 1.54) is 0 Å². The molecule has 0 saturated carbocycles. The molecule has 216 valence electrons. The van der Waals surface area contributed by atoms with Crippen molar-refractivity contribution in [2.24, 2.45) is 0 Å². The van der Waals surface area contributed by atoms with Gasteiger partial charge in [0.1, 0.15) is 0 Å². The summed E-state index contributed by atoms with van der Waals surface area (Å²) in [5.41, 5.74) is 0. The Morgan fingerprint density at radius 1 is 0.152 bits per heavy atom. The average Bonchev–Trinajstić information content (AvgIpc) is 2.30. The van der Waals surface area contributed by atoms with E-state index in [9.17, 15) is 0 Å². The summed E-state index contributed by atoms with van der Waals surface area (Å²) in [5, 5.41) is 0. The first-order chi connectivity index (χ1) is 13.9. The van der Waals surface area contributed by atoms with Crippen LogP contribution in [0.15, 0.2) is 0 Å². The van der Waals surface area contributed by atoms with Crippen LogP contribution in [0.2, 0.25) is 0 Å². The van der Waals surface area contributed by atoms with Crippen molar-refractivity contribution < 1.29 is 5.48 Å². The first-order valence-electron chi connectivity index (χ1n) is 5.24. The summed E-state index contributed by atoms with van der Waals surface area (Å²) in [4.78, 5) is 0. The molecule has 0 aliphatic rings. The van der Waals surface area contributed by atoms with Gasteiger partial charge in [-0.05, 0) is 0 Å². The molecule has 2 N–H and O–H groups in total. The number of alkyl halides is 24. The van der Waals surface area contributed by atoms with Crippen LogP contribution in [0, 0.1) is 0 Å². The quantitative estimate of drug-likeness (QED) is 0.217. The third kappa shape index (κ3) is 1110. The lowest BCUT2D eigenvalue weighted by Gasteiger charge is -1.69. The maximum Gasteiger partial charge on any atom is 0.180 e. The van der Waals surface area contributed by atoms with Crippen LogP contribution < -0.4 is 0 Å². The number of rotatable bonds is 0. The Morgan fingerprint density at radius 3 is 0.152 bits per heavy atom. The van der Waals surface area contributed by atoms with Crippen LogP contribution in [-0.4, -0.2) is 39.8 Å². The lowest BCUT2D eigenvalue weighted by atomic mass is 11.9. The molecule has 1 nitrogen and oxygen atoms in total. The highest BCUT2D eigenvalue weighted by Crippen LogP contribution is 2.06. The molecular weight excluding hydrogens is 963 g/mol. The van der Waals surface area contributed by atoms with Crippen LogP contribution >= 0.6 is 278 Å². The van der Waals surface area contributed by atoms with Crippen molar-refractivity contribution in [3.05, 3.63) is 0 Å². The second-order valence-electron chi connectivity index (χ2n) is 1.98. The van der Waals surface area contributed by atoms with E-state index in [0.717, 1.165) is 0 Å². The van der Waals surface area contributed by atoms with Gasteiger partial charge in [-0.2, -0.15) is 0 Å². The molecule has 0 saturated heterocycles. The van der Waals surface area contributed by atoms with E-state index in [2.05, 4.69) is 0 Å². The predicted octanol–water partition coefficient (Wildman–Crippen LogP) is 15.1. The summed E-state index contributed by atoms with van der Waals surface area (Å²) in [6, 6.07) is 0. The van der Waals surface area contributed by atoms with Crippen LogP contribution in [-0.2, 0) is 0 Å². The van der Waals surface area contributed by atoms with E-state index in [-0.39, 0.29) is 5.48 Å². The molecule has 0 rings (SSSR count). The van der Waals surface area contributed by atoms with Crippen LogP contribution in [0.1, 0.15) is 0 Å². The Balaban J connectivity index is -0.0000000284. The molecule has 0 unspecified atom stereocenters. The van der Waals surface area contributed by atoms with Crippen molar-refractivity contribution in [1.82, 2.24) is 0 Å². The van der Waals surface area contributed by atoms with Crippen LogP contribution in [0.4, 0.5) is 0 Å². The SMILES string of the molecule is ClC(Cl)Cl.ClC(Cl)Cl.ClC(Cl)Cl.ClC(Cl)Cl.ClC(Cl)Cl.ClC(Cl)Cl.ClC(Cl)Cl.ClC(Cl)Cl.O. The molecule has 33 heavy (non-hydrogen) atoms. The fourth-order valence-electron chi connectivity index (χ4n) is 0. The minimum Gasteiger partial charge on any atom is -0.412 e. The number of halogens is 24. The first kappa shape index (κ1) is 63.2. The molecule has 0 aromatic carbocycles. The summed E-state index contributed by atoms with van der Waals surface area (Å²) in [6.45, 7) is 0. The first-order valence-corrected chi connectivity index (χ1v) is 15.7. The largest absolute Gasteiger partial charge is 0.412 e. The second-order valence-corrected chi connectivity index (χ2v) is 17.8. The van der Waals surface area contributed by atoms with Crippen molar-refractivity contribution >= 4 is 278 Å². The van der Waals surface area contributed by atoms with Crippen molar-refractivity contribution in [2.75, 3.05) is 0 Å². The average molecular weight is 973 g/mol. The van der Waals surface area contributed by atoms with Crippen molar-refractivity contribution in [3.8, 4) is 0 Å². The van der Waals surface area contributed by atoms with Gasteiger partial charge in [-0.25, -0.2) is 0 Å². The minimum atomic E-state index is -0.750. The van der Waals surface area contributed by atoms with Gasteiger partial charge in [-0.3, -0.25) is 0 Å². The minimum absolute atomic E-state index is 0. The molecule has 0 bridgehead atoms. The fourth-order valence-corrected chi connectivity index (χ4v) is 0. The Hall–Kier alpha value is 6.92. The van der Waals surface area contributed by atoms with Crippen molar-refractivity contribution in [1.29, 1.82) is 0 Å². The zero-order chi connectivity index (χ0) is 28.6. The standard InChI is InChI=1S/8CHCl3.H2O/c8*2-1(3)4;/h8*1H;1H2. The third-order valence-corrected chi connectivity index (χ3v) is 0. The van der Waals surface area contributed by atoms with E-state index >= 15 is 0 Å². The van der Waals surface area contributed by atoms with Crippen molar-refractivity contribution in [3.63, 3.8) is 0 Å². The fraction of sp³-hybridized carbons (Fsp3) is 1.00. The van der Waals surface area contributed by atoms with E-state index in [1.54, 1.807) is 0 Å². The van der Waals surface area contributed by atoms with Crippen LogP contribution in [0.3, 0.4) is 0 Å². The molecule has 0 aliphatic heterocycles. The Labute approximate surface area is 313 Å². The summed E-state index contributed by atoms with van der Waals surface area (Å²) in [6.07, 6.45) is 0. The van der Waals surface area contributed by atoms with E-state index in [4.69, 9.17) is 278 Å². The van der Waals surface area contributed by atoms with Gasteiger partial charge in [-0.15, -0.1) is 0 Å². The summed E-state index contributed by atoms with van der Waals surface area (Å²) < 4.78 is -6.00.